The number of hydrogen-bond donors (Lipinski definition) is 1. The summed E-state index contributed by atoms with van der Waals surface area (Å²) < 4.78 is 0. The van der Waals surface area contributed by atoms with Crippen LogP contribution in [0.2, 0.25) is 0 Å². The molecular formula is C18H23NS. The van der Waals surface area contributed by atoms with Gasteiger partial charge in [0.2, 0.25) is 0 Å². The number of nitrogens with one attached hydrogen (secondary N) is 1. The number of aryl methyl sites for hydroxylation is 3. The van der Waals surface area contributed by atoms with Gasteiger partial charge in [0, 0.05) is 9.75 Å². The molecule has 1 aliphatic carbocycles. The maximum Gasteiger partial charge on any atom is 0.0668 e. The van der Waals surface area contributed by atoms with E-state index in [1.807, 2.05) is 11.3 Å². The Kier molecular flexibility index (Phi) is 4.23. The fourth-order valence-electron chi connectivity index (χ4n) is 3.07. The molecule has 1 unspecified atom stereocenters. The van der Waals surface area contributed by atoms with Gasteiger partial charge in [0.1, 0.15) is 0 Å². The molecule has 2 heteroatoms. The Bertz CT molecular complexity index is 544. The maximum absolute atomic E-state index is 3.49. The molecule has 0 saturated heterocycles. The largest absolute Gasteiger partial charge is 0.309 e. The topological polar surface area (TPSA) is 12.0 Å². The lowest BCUT2D eigenvalue weighted by atomic mass is 9.97. The van der Waals surface area contributed by atoms with Crippen molar-refractivity contribution in [3.8, 4) is 0 Å². The van der Waals surface area contributed by atoms with Crippen LogP contribution in [0.3, 0.4) is 0 Å². The van der Waals surface area contributed by atoms with Gasteiger partial charge in [-0.05, 0) is 61.9 Å². The van der Waals surface area contributed by atoms with Crippen LogP contribution >= 0.6 is 11.3 Å². The highest BCUT2D eigenvalue weighted by Crippen LogP contribution is 2.35. The van der Waals surface area contributed by atoms with Crippen LogP contribution in [0, 0.1) is 0 Å². The van der Waals surface area contributed by atoms with Crippen molar-refractivity contribution in [1.29, 1.82) is 0 Å². The van der Waals surface area contributed by atoms with Crippen molar-refractivity contribution >= 4 is 11.3 Å². The van der Waals surface area contributed by atoms with Crippen LogP contribution in [0.4, 0.5) is 0 Å². The average molecular weight is 285 g/mol. The first-order valence-electron chi connectivity index (χ1n) is 7.69. The summed E-state index contributed by atoms with van der Waals surface area (Å²) in [7, 11) is 2.07. The minimum Gasteiger partial charge on any atom is -0.309 e. The lowest BCUT2D eigenvalue weighted by Gasteiger charge is -2.15. The van der Waals surface area contributed by atoms with E-state index in [9.17, 15) is 0 Å². The lowest BCUT2D eigenvalue weighted by Crippen LogP contribution is -2.16. The molecule has 20 heavy (non-hydrogen) atoms. The third kappa shape index (κ3) is 2.68. The van der Waals surface area contributed by atoms with Crippen LogP contribution in [0.1, 0.15) is 52.3 Å². The summed E-state index contributed by atoms with van der Waals surface area (Å²) in [6.07, 6.45) is 6.39. The van der Waals surface area contributed by atoms with Gasteiger partial charge in [-0.25, -0.2) is 0 Å². The molecule has 106 valence electrons. The standard InChI is InChI=1S/C18H23NS/c1-3-13-8-10-14(11-9-13)18(19-2)17-12-15-6-4-5-7-16(15)20-17/h8-12,18-19H,3-7H2,1-2H3. The molecule has 0 saturated carbocycles. The van der Waals surface area contributed by atoms with Gasteiger partial charge in [-0.1, -0.05) is 31.2 Å². The second-order valence-corrected chi connectivity index (χ2v) is 6.79. The van der Waals surface area contributed by atoms with Crippen LogP contribution in [-0.4, -0.2) is 7.05 Å². The lowest BCUT2D eigenvalue weighted by molar-refractivity contribution is 0.691. The molecule has 1 nitrogen and oxygen atoms in total. The molecule has 0 bridgehead atoms. The van der Waals surface area contributed by atoms with Crippen LogP contribution in [0.25, 0.3) is 0 Å². The van der Waals surface area contributed by atoms with Crippen molar-refractivity contribution in [3.05, 3.63) is 56.8 Å². The predicted molar refractivity (Wildman–Crippen MR) is 87.7 cm³/mol. The Morgan fingerprint density at radius 2 is 1.90 bits per heavy atom. The average Bonchev–Trinajstić information content (AvgIpc) is 2.92. The maximum atomic E-state index is 3.49. The van der Waals surface area contributed by atoms with Crippen LogP contribution in [0.5, 0.6) is 0 Å². The first-order valence-corrected chi connectivity index (χ1v) is 8.51. The Hall–Kier alpha value is -1.12. The molecule has 1 aliphatic rings. The van der Waals surface area contributed by atoms with E-state index in [1.54, 1.807) is 10.4 Å². The minimum atomic E-state index is 0.344. The van der Waals surface area contributed by atoms with Crippen molar-refractivity contribution in [3.63, 3.8) is 0 Å². The van der Waals surface area contributed by atoms with Gasteiger partial charge in [0.15, 0.2) is 0 Å². The van der Waals surface area contributed by atoms with Crippen LogP contribution in [0.15, 0.2) is 30.3 Å². The number of thiophene rings is 1. The Labute approximate surface area is 126 Å². The first-order chi connectivity index (χ1) is 9.81. The molecule has 1 heterocycles. The number of fused-ring (bicyclic) bond motifs is 1. The van der Waals surface area contributed by atoms with E-state index in [-0.39, 0.29) is 0 Å². The van der Waals surface area contributed by atoms with Crippen molar-refractivity contribution in [2.45, 2.75) is 45.1 Å². The van der Waals surface area contributed by atoms with E-state index in [4.69, 9.17) is 0 Å². The van der Waals surface area contributed by atoms with Gasteiger partial charge in [-0.15, -0.1) is 11.3 Å². The summed E-state index contributed by atoms with van der Waals surface area (Å²) in [6, 6.07) is 11.8. The zero-order chi connectivity index (χ0) is 13.9. The predicted octanol–water partition coefficient (Wildman–Crippen LogP) is 4.50. The van der Waals surface area contributed by atoms with E-state index in [1.165, 1.54) is 41.7 Å². The Morgan fingerprint density at radius 1 is 1.15 bits per heavy atom. The summed E-state index contributed by atoms with van der Waals surface area (Å²) in [4.78, 5) is 3.10. The Morgan fingerprint density at radius 3 is 2.55 bits per heavy atom. The third-order valence-corrected chi connectivity index (χ3v) is 5.61. The quantitative estimate of drug-likeness (QED) is 0.872. The molecule has 1 aromatic carbocycles. The first kappa shape index (κ1) is 13.8. The van der Waals surface area contributed by atoms with Crippen molar-refractivity contribution in [2.75, 3.05) is 7.05 Å². The highest BCUT2D eigenvalue weighted by molar-refractivity contribution is 7.12. The molecular weight excluding hydrogens is 262 g/mol. The van der Waals surface area contributed by atoms with Crippen molar-refractivity contribution in [1.82, 2.24) is 5.32 Å². The highest BCUT2D eigenvalue weighted by Gasteiger charge is 2.19. The normalized spacial score (nSPS) is 15.9. The summed E-state index contributed by atoms with van der Waals surface area (Å²) in [5.41, 5.74) is 4.39. The smallest absolute Gasteiger partial charge is 0.0668 e. The van der Waals surface area contributed by atoms with Crippen LogP contribution in [-0.2, 0) is 19.3 Å². The molecule has 2 aromatic rings. The molecule has 0 aliphatic heterocycles. The summed E-state index contributed by atoms with van der Waals surface area (Å²) >= 11 is 2.01. The van der Waals surface area contributed by atoms with E-state index in [0.29, 0.717) is 6.04 Å². The summed E-state index contributed by atoms with van der Waals surface area (Å²) in [6.45, 7) is 2.21. The minimum absolute atomic E-state index is 0.344. The van der Waals surface area contributed by atoms with Gasteiger partial charge in [-0.2, -0.15) is 0 Å². The van der Waals surface area contributed by atoms with Gasteiger partial charge < -0.3 is 5.32 Å². The highest BCUT2D eigenvalue weighted by atomic mass is 32.1. The molecule has 0 radical (unpaired) electrons. The molecule has 0 amide bonds. The van der Waals surface area contributed by atoms with Gasteiger partial charge in [0.05, 0.1) is 6.04 Å². The van der Waals surface area contributed by atoms with E-state index < -0.39 is 0 Å². The number of hydrogen-bond acceptors (Lipinski definition) is 2. The fraction of sp³-hybridized carbons (Fsp3) is 0.444. The summed E-state index contributed by atoms with van der Waals surface area (Å²) in [5.74, 6) is 0. The number of rotatable bonds is 4. The van der Waals surface area contributed by atoms with Gasteiger partial charge in [-0.3, -0.25) is 0 Å². The third-order valence-electron chi connectivity index (χ3n) is 4.31. The molecule has 0 fully saturated rings. The zero-order valence-electron chi connectivity index (χ0n) is 12.4. The SMILES string of the molecule is CCc1ccc(C(NC)c2cc3c(s2)CCCC3)cc1. The monoisotopic (exact) mass is 285 g/mol. The van der Waals surface area contributed by atoms with Crippen molar-refractivity contribution < 1.29 is 0 Å². The molecule has 3 rings (SSSR count). The number of benzene rings is 1. The molecule has 1 aromatic heterocycles. The van der Waals surface area contributed by atoms with E-state index in [2.05, 4.69) is 49.6 Å². The fourth-order valence-corrected chi connectivity index (χ4v) is 4.47. The van der Waals surface area contributed by atoms with E-state index >= 15 is 0 Å². The molecule has 0 spiro atoms. The molecule has 1 atom stereocenters. The summed E-state index contributed by atoms with van der Waals surface area (Å²) in [5, 5.41) is 3.49. The van der Waals surface area contributed by atoms with Gasteiger partial charge >= 0.3 is 0 Å². The Balaban J connectivity index is 1.90. The molecule has 1 N–H and O–H groups in total. The zero-order valence-corrected chi connectivity index (χ0v) is 13.2. The second kappa shape index (κ2) is 6.11. The van der Waals surface area contributed by atoms with Crippen molar-refractivity contribution in [2.24, 2.45) is 0 Å². The van der Waals surface area contributed by atoms with Crippen LogP contribution < -0.4 is 5.32 Å². The van der Waals surface area contributed by atoms with E-state index in [0.717, 1.165) is 6.42 Å². The van der Waals surface area contributed by atoms with Gasteiger partial charge in [0.25, 0.3) is 0 Å². The second-order valence-electron chi connectivity index (χ2n) is 5.62.